The van der Waals surface area contributed by atoms with Gasteiger partial charge in [-0.05, 0) is 32.0 Å². The van der Waals surface area contributed by atoms with Gasteiger partial charge in [-0.25, -0.2) is 9.78 Å². The Morgan fingerprint density at radius 3 is 2.95 bits per heavy atom. The zero-order valence-electron chi connectivity index (χ0n) is 11.4. The number of ether oxygens (including phenoxy) is 1. The van der Waals surface area contributed by atoms with Crippen LogP contribution in [0.15, 0.2) is 22.7 Å². The van der Waals surface area contributed by atoms with Crippen molar-refractivity contribution in [2.75, 3.05) is 12.5 Å². The Morgan fingerprint density at radius 1 is 1.55 bits per heavy atom. The summed E-state index contributed by atoms with van der Waals surface area (Å²) in [5.74, 6) is 0.999. The number of halogens is 2. The maximum atomic E-state index is 12.0. The lowest BCUT2D eigenvalue weighted by Crippen LogP contribution is -2.21. The summed E-state index contributed by atoms with van der Waals surface area (Å²) in [5, 5.41) is 0. The third kappa shape index (κ3) is 2.99. The van der Waals surface area contributed by atoms with Crippen LogP contribution >= 0.6 is 27.5 Å². The summed E-state index contributed by atoms with van der Waals surface area (Å²) >= 11 is 9.26. The zero-order chi connectivity index (χ0) is 14.7. The van der Waals surface area contributed by atoms with Gasteiger partial charge in [0.25, 0.3) is 0 Å². The minimum Gasteiger partial charge on any atom is -0.464 e. The third-order valence-corrected chi connectivity index (χ3v) is 3.74. The smallest absolute Gasteiger partial charge is 0.328 e. The summed E-state index contributed by atoms with van der Waals surface area (Å²) in [6.07, 6.45) is 0.609. The Bertz CT molecular complexity index is 627. The summed E-state index contributed by atoms with van der Waals surface area (Å²) in [7, 11) is 0. The molecule has 0 spiro atoms. The van der Waals surface area contributed by atoms with Gasteiger partial charge < -0.3 is 9.30 Å². The maximum absolute atomic E-state index is 12.0. The summed E-state index contributed by atoms with van der Waals surface area (Å²) in [6.45, 7) is 3.98. The number of carbonyl (C=O) groups excluding carboxylic acids is 1. The highest BCUT2D eigenvalue weighted by atomic mass is 79.9. The minimum absolute atomic E-state index is 0.259. The van der Waals surface area contributed by atoms with Gasteiger partial charge in [-0.2, -0.15) is 0 Å². The van der Waals surface area contributed by atoms with Crippen molar-refractivity contribution in [3.8, 4) is 0 Å². The number of hydrogen-bond donors (Lipinski definition) is 0. The maximum Gasteiger partial charge on any atom is 0.328 e. The monoisotopic (exact) mass is 358 g/mol. The molecule has 1 unspecified atom stereocenters. The molecule has 0 bridgehead atoms. The van der Waals surface area contributed by atoms with Gasteiger partial charge in [0.15, 0.2) is 0 Å². The van der Waals surface area contributed by atoms with Gasteiger partial charge in [-0.3, -0.25) is 0 Å². The molecule has 4 nitrogen and oxygen atoms in total. The quantitative estimate of drug-likeness (QED) is 0.604. The first-order chi connectivity index (χ1) is 9.58. The summed E-state index contributed by atoms with van der Waals surface area (Å²) in [4.78, 5) is 16.6. The predicted octanol–water partition coefficient (Wildman–Crippen LogP) is 3.70. The fraction of sp³-hybridized carbons (Fsp3) is 0.429. The number of carbonyl (C=O) groups is 1. The van der Waals surface area contributed by atoms with Gasteiger partial charge in [-0.1, -0.05) is 15.9 Å². The number of imidazole rings is 1. The molecule has 0 N–H and O–H groups in total. The molecule has 0 radical (unpaired) electrons. The average molecular weight is 360 g/mol. The van der Waals surface area contributed by atoms with Crippen LogP contribution in [0.25, 0.3) is 11.0 Å². The van der Waals surface area contributed by atoms with Crippen molar-refractivity contribution in [1.29, 1.82) is 0 Å². The molecular formula is C14H16BrClN2O2. The topological polar surface area (TPSA) is 44.1 Å². The first-order valence-electron chi connectivity index (χ1n) is 6.47. The van der Waals surface area contributed by atoms with Crippen molar-refractivity contribution in [2.24, 2.45) is 0 Å². The van der Waals surface area contributed by atoms with Gasteiger partial charge in [0, 0.05) is 16.8 Å². The molecule has 6 heteroatoms. The van der Waals surface area contributed by atoms with Crippen LogP contribution in [0.4, 0.5) is 0 Å². The van der Waals surface area contributed by atoms with E-state index in [-0.39, 0.29) is 5.97 Å². The van der Waals surface area contributed by atoms with E-state index in [2.05, 4.69) is 20.9 Å². The number of hydrogen-bond acceptors (Lipinski definition) is 3. The molecule has 1 heterocycles. The van der Waals surface area contributed by atoms with E-state index < -0.39 is 6.04 Å². The Morgan fingerprint density at radius 2 is 2.30 bits per heavy atom. The van der Waals surface area contributed by atoms with Gasteiger partial charge in [0.05, 0.1) is 17.6 Å². The number of benzene rings is 1. The van der Waals surface area contributed by atoms with E-state index in [0.717, 1.165) is 21.3 Å². The van der Waals surface area contributed by atoms with Crippen molar-refractivity contribution in [2.45, 2.75) is 26.3 Å². The van der Waals surface area contributed by atoms with E-state index in [0.29, 0.717) is 18.9 Å². The number of aryl methyl sites for hydroxylation is 1. The first kappa shape index (κ1) is 15.3. The Hall–Kier alpha value is -1.07. The van der Waals surface area contributed by atoms with Crippen molar-refractivity contribution < 1.29 is 9.53 Å². The third-order valence-electron chi connectivity index (χ3n) is 3.06. The van der Waals surface area contributed by atoms with Crippen LogP contribution in [0.5, 0.6) is 0 Å². The second-order valence-corrected chi connectivity index (χ2v) is 5.69. The van der Waals surface area contributed by atoms with E-state index in [4.69, 9.17) is 16.3 Å². The van der Waals surface area contributed by atoms with Crippen molar-refractivity contribution in [1.82, 2.24) is 9.55 Å². The highest BCUT2D eigenvalue weighted by Gasteiger charge is 2.22. The van der Waals surface area contributed by atoms with Crippen LogP contribution in [-0.2, 0) is 16.0 Å². The lowest BCUT2D eigenvalue weighted by Gasteiger charge is -2.16. The lowest BCUT2D eigenvalue weighted by atomic mass is 10.2. The number of aromatic nitrogens is 2. The highest BCUT2D eigenvalue weighted by Crippen LogP contribution is 2.25. The normalized spacial score (nSPS) is 12.6. The second kappa shape index (κ2) is 6.59. The molecule has 20 heavy (non-hydrogen) atoms. The standard InChI is InChI=1S/C14H16BrClN2O2/c1-3-20-14(19)9(2)18-12-5-4-10(15)8-11(12)17-13(18)6-7-16/h4-5,8-9H,3,6-7H2,1-2H3. The molecule has 108 valence electrons. The van der Waals surface area contributed by atoms with E-state index >= 15 is 0 Å². The molecular weight excluding hydrogens is 344 g/mol. The number of nitrogens with zero attached hydrogens (tertiary/aromatic N) is 2. The molecule has 0 saturated carbocycles. The van der Waals surface area contributed by atoms with Crippen LogP contribution in [0, 0.1) is 0 Å². The number of esters is 1. The molecule has 2 rings (SSSR count). The molecule has 0 amide bonds. The molecule has 0 aliphatic carbocycles. The molecule has 0 aliphatic heterocycles. The van der Waals surface area contributed by atoms with Crippen molar-refractivity contribution in [3.05, 3.63) is 28.5 Å². The van der Waals surface area contributed by atoms with Crippen molar-refractivity contribution in [3.63, 3.8) is 0 Å². The predicted molar refractivity (Wildman–Crippen MR) is 83.2 cm³/mol. The van der Waals surface area contributed by atoms with Gasteiger partial charge in [0.1, 0.15) is 11.9 Å². The van der Waals surface area contributed by atoms with E-state index in [1.807, 2.05) is 29.7 Å². The number of fused-ring (bicyclic) bond motifs is 1. The van der Waals surface area contributed by atoms with Crippen LogP contribution in [0.2, 0.25) is 0 Å². The summed E-state index contributed by atoms with van der Waals surface area (Å²) in [6, 6.07) is 5.39. The first-order valence-corrected chi connectivity index (χ1v) is 7.80. The molecule has 0 aliphatic rings. The van der Waals surface area contributed by atoms with Crippen LogP contribution in [0.3, 0.4) is 0 Å². The summed E-state index contributed by atoms with van der Waals surface area (Å²) in [5.41, 5.74) is 1.75. The Kier molecular flexibility index (Phi) is 5.05. The van der Waals surface area contributed by atoms with Gasteiger partial charge >= 0.3 is 5.97 Å². The van der Waals surface area contributed by atoms with E-state index in [1.165, 1.54) is 0 Å². The number of rotatable bonds is 5. The SMILES string of the molecule is CCOC(=O)C(C)n1c(CCCl)nc2cc(Br)ccc21. The van der Waals surface area contributed by atoms with Crippen LogP contribution in [-0.4, -0.2) is 28.0 Å². The van der Waals surface area contributed by atoms with Gasteiger partial charge in [-0.15, -0.1) is 11.6 Å². The zero-order valence-corrected chi connectivity index (χ0v) is 13.7. The fourth-order valence-electron chi connectivity index (χ4n) is 2.18. The van der Waals surface area contributed by atoms with E-state index in [9.17, 15) is 4.79 Å². The average Bonchev–Trinajstić information content (AvgIpc) is 2.75. The molecule has 1 aromatic carbocycles. The largest absolute Gasteiger partial charge is 0.464 e. The van der Waals surface area contributed by atoms with E-state index in [1.54, 1.807) is 6.92 Å². The molecule has 0 saturated heterocycles. The lowest BCUT2D eigenvalue weighted by molar-refractivity contribution is -0.146. The fourth-order valence-corrected chi connectivity index (χ4v) is 2.70. The van der Waals surface area contributed by atoms with Crippen LogP contribution in [0.1, 0.15) is 25.7 Å². The summed E-state index contributed by atoms with van der Waals surface area (Å²) < 4.78 is 7.96. The van der Waals surface area contributed by atoms with Crippen molar-refractivity contribution >= 4 is 44.5 Å². The molecule has 1 aromatic heterocycles. The Balaban J connectivity index is 2.53. The van der Waals surface area contributed by atoms with Crippen LogP contribution < -0.4 is 0 Å². The molecule has 0 fully saturated rings. The van der Waals surface area contributed by atoms with Gasteiger partial charge in [0.2, 0.25) is 0 Å². The Labute approximate surface area is 131 Å². The molecule has 2 aromatic rings. The highest BCUT2D eigenvalue weighted by molar-refractivity contribution is 9.10. The molecule has 1 atom stereocenters. The minimum atomic E-state index is -0.417. The number of alkyl halides is 1. The second-order valence-electron chi connectivity index (χ2n) is 4.40.